The average molecular weight is 257 g/mol. The quantitative estimate of drug-likeness (QED) is 0.328. The molecule has 0 unspecified atom stereocenters. The first-order chi connectivity index (χ1) is 5.37. The van der Waals surface area contributed by atoms with Gasteiger partial charge in [-0.05, 0) is 4.21 Å². The average Bonchev–Trinajstić information content (AvgIpc) is 1.44. The Hall–Kier alpha value is 0.410. The van der Waals surface area contributed by atoms with Crippen LogP contribution in [0.4, 0.5) is 0 Å². The minimum absolute atomic E-state index is 1.44. The SMILES string of the molecule is O=P(O)(O)N(P(=O)(O)O)P(=O)(O)O. The van der Waals surface area contributed by atoms with Gasteiger partial charge in [-0.3, -0.25) is 0 Å². The largest absolute Gasteiger partial charge is 0.422 e. The maximum absolute atomic E-state index is 10.3. The standard InChI is InChI=1S/H6NO9P3/c2-11(3,4)1(12(5,6)7)13(8,9)10/h(H2,2,3,4)(H2,5,6,7)(H2,8,9,10). The number of nitrogens with zero attached hydrogens (tertiary/aromatic N) is 1. The lowest BCUT2D eigenvalue weighted by Gasteiger charge is -2.22. The summed E-state index contributed by atoms with van der Waals surface area (Å²) in [5.74, 6) is 0. The molecule has 0 amide bonds. The first kappa shape index (κ1) is 13.4. The second kappa shape index (κ2) is 3.52. The van der Waals surface area contributed by atoms with Crippen LogP contribution in [0.15, 0.2) is 0 Å². The third-order valence-corrected chi connectivity index (χ3v) is 6.29. The third-order valence-electron chi connectivity index (χ3n) is 0.699. The second-order valence-electron chi connectivity index (χ2n) is 1.81. The Labute approximate surface area is 71.5 Å². The molecule has 0 atom stereocenters. The van der Waals surface area contributed by atoms with Crippen molar-refractivity contribution in [2.45, 2.75) is 0 Å². The second-order valence-corrected chi connectivity index (χ2v) is 7.03. The zero-order valence-electron chi connectivity index (χ0n) is 5.70. The summed E-state index contributed by atoms with van der Waals surface area (Å²) in [6.45, 7) is 0. The number of rotatable bonds is 3. The molecular weight excluding hydrogens is 251 g/mol. The minimum atomic E-state index is -5.71. The fourth-order valence-electron chi connectivity index (χ4n) is 0.455. The normalized spacial score (nSPS) is 15.0. The molecule has 0 aromatic carbocycles. The van der Waals surface area contributed by atoms with Crippen LogP contribution in [0.3, 0.4) is 0 Å². The summed E-state index contributed by atoms with van der Waals surface area (Å²) in [7, 11) is -17.1. The van der Waals surface area contributed by atoms with Crippen LogP contribution in [0.25, 0.3) is 0 Å². The van der Waals surface area contributed by atoms with E-state index < -0.39 is 27.5 Å². The smallest absolute Gasteiger partial charge is 0.312 e. The van der Waals surface area contributed by atoms with Gasteiger partial charge in [0, 0.05) is 0 Å². The summed E-state index contributed by atoms with van der Waals surface area (Å²) >= 11 is 0. The van der Waals surface area contributed by atoms with Gasteiger partial charge in [-0.15, -0.1) is 0 Å². The van der Waals surface area contributed by atoms with Crippen molar-refractivity contribution >= 4 is 23.2 Å². The molecule has 0 rings (SSSR count). The molecule has 6 N–H and O–H groups in total. The maximum Gasteiger partial charge on any atom is 0.422 e. The molecule has 0 aliphatic rings. The van der Waals surface area contributed by atoms with E-state index in [1.54, 1.807) is 0 Å². The van der Waals surface area contributed by atoms with Crippen LogP contribution in [0, 0.1) is 0 Å². The van der Waals surface area contributed by atoms with Gasteiger partial charge in [0.2, 0.25) is 0 Å². The summed E-state index contributed by atoms with van der Waals surface area (Å²) in [5, 5.41) is 0. The van der Waals surface area contributed by atoms with Crippen LogP contribution < -0.4 is 0 Å². The van der Waals surface area contributed by atoms with Gasteiger partial charge in [0.05, 0.1) is 0 Å². The Kier molecular flexibility index (Phi) is 3.64. The van der Waals surface area contributed by atoms with Crippen molar-refractivity contribution in [3.8, 4) is 0 Å². The summed E-state index contributed by atoms with van der Waals surface area (Å²) in [5.41, 5.74) is 0. The highest BCUT2D eigenvalue weighted by molar-refractivity contribution is 7.79. The van der Waals surface area contributed by atoms with Crippen LogP contribution in [0.2, 0.25) is 0 Å². The predicted molar refractivity (Wildman–Crippen MR) is 38.0 cm³/mol. The van der Waals surface area contributed by atoms with Gasteiger partial charge in [0.1, 0.15) is 0 Å². The number of hydrogen-bond donors (Lipinski definition) is 6. The lowest BCUT2D eigenvalue weighted by molar-refractivity contribution is 0.270. The molecule has 13 heavy (non-hydrogen) atoms. The Balaban J connectivity index is 5.42. The van der Waals surface area contributed by atoms with Crippen molar-refractivity contribution in [3.05, 3.63) is 0 Å². The lowest BCUT2D eigenvalue weighted by Crippen LogP contribution is -2.13. The molecular formula is H6NO9P3. The minimum Gasteiger partial charge on any atom is -0.312 e. The van der Waals surface area contributed by atoms with Gasteiger partial charge in [-0.2, -0.15) is 0 Å². The fourth-order valence-corrected chi connectivity index (χ4v) is 4.10. The van der Waals surface area contributed by atoms with Crippen LogP contribution in [0.1, 0.15) is 0 Å². The first-order valence-electron chi connectivity index (χ1n) is 2.35. The van der Waals surface area contributed by atoms with E-state index in [1.807, 2.05) is 0 Å². The fraction of sp³-hybridized carbons (Fsp3) is 0. The highest BCUT2D eigenvalue weighted by atomic mass is 31.3. The maximum atomic E-state index is 10.3. The third kappa shape index (κ3) is 3.97. The highest BCUT2D eigenvalue weighted by Gasteiger charge is 2.51. The van der Waals surface area contributed by atoms with E-state index in [9.17, 15) is 13.7 Å². The molecule has 0 saturated carbocycles. The van der Waals surface area contributed by atoms with Crippen molar-refractivity contribution in [2.75, 3.05) is 0 Å². The highest BCUT2D eigenvalue weighted by Crippen LogP contribution is 2.71. The van der Waals surface area contributed by atoms with Crippen LogP contribution in [-0.2, 0) is 13.7 Å². The van der Waals surface area contributed by atoms with Crippen molar-refractivity contribution in [1.82, 2.24) is 4.21 Å². The van der Waals surface area contributed by atoms with E-state index in [1.165, 1.54) is 0 Å². The summed E-state index contributed by atoms with van der Waals surface area (Å²) in [4.78, 5) is 49.2. The molecule has 0 aliphatic carbocycles. The van der Waals surface area contributed by atoms with Crippen molar-refractivity contribution in [1.29, 1.82) is 0 Å². The Morgan fingerprint density at radius 1 is 0.615 bits per heavy atom. The zero-order valence-corrected chi connectivity index (χ0v) is 8.38. The van der Waals surface area contributed by atoms with E-state index in [0.29, 0.717) is 0 Å². The molecule has 0 aromatic rings. The van der Waals surface area contributed by atoms with Gasteiger partial charge >= 0.3 is 23.2 Å². The van der Waals surface area contributed by atoms with Crippen LogP contribution in [0.5, 0.6) is 0 Å². The van der Waals surface area contributed by atoms with E-state index in [4.69, 9.17) is 29.4 Å². The Morgan fingerprint density at radius 2 is 0.769 bits per heavy atom. The molecule has 80 valence electrons. The van der Waals surface area contributed by atoms with Crippen LogP contribution in [-0.4, -0.2) is 33.6 Å². The van der Waals surface area contributed by atoms with Crippen molar-refractivity contribution in [2.24, 2.45) is 0 Å². The summed E-state index contributed by atoms with van der Waals surface area (Å²) in [6, 6.07) is 0. The molecule has 0 heterocycles. The zero-order chi connectivity index (χ0) is 11.1. The van der Waals surface area contributed by atoms with Gasteiger partial charge in [-0.1, -0.05) is 0 Å². The molecule has 0 fully saturated rings. The van der Waals surface area contributed by atoms with E-state index in [0.717, 1.165) is 0 Å². The van der Waals surface area contributed by atoms with Crippen molar-refractivity contribution < 1.29 is 43.1 Å². The monoisotopic (exact) mass is 257 g/mol. The van der Waals surface area contributed by atoms with Crippen LogP contribution >= 0.6 is 23.2 Å². The molecule has 13 heteroatoms. The topological polar surface area (TPSA) is 176 Å². The van der Waals surface area contributed by atoms with E-state index in [-0.39, 0.29) is 0 Å². The van der Waals surface area contributed by atoms with E-state index >= 15 is 0 Å². The molecule has 10 nitrogen and oxygen atoms in total. The molecule has 0 spiro atoms. The molecule has 0 aromatic heterocycles. The van der Waals surface area contributed by atoms with Crippen molar-refractivity contribution in [3.63, 3.8) is 0 Å². The molecule has 0 saturated heterocycles. The summed E-state index contributed by atoms with van der Waals surface area (Å²) < 4.78 is 29.3. The molecule has 0 aliphatic heterocycles. The lowest BCUT2D eigenvalue weighted by atomic mass is 13.8. The molecule has 0 radical (unpaired) electrons. The van der Waals surface area contributed by atoms with E-state index in [2.05, 4.69) is 0 Å². The summed E-state index contributed by atoms with van der Waals surface area (Å²) in [6.07, 6.45) is 0. The van der Waals surface area contributed by atoms with Gasteiger partial charge in [0.15, 0.2) is 0 Å². The number of hydrogen-bond acceptors (Lipinski definition) is 3. The molecule has 0 bridgehead atoms. The van der Waals surface area contributed by atoms with Gasteiger partial charge in [-0.25, -0.2) is 13.7 Å². The Bertz CT molecular complexity index is 259. The predicted octanol–water partition coefficient (Wildman–Crippen LogP) is -1.43. The van der Waals surface area contributed by atoms with Gasteiger partial charge in [0.25, 0.3) is 0 Å². The van der Waals surface area contributed by atoms with Gasteiger partial charge < -0.3 is 29.4 Å². The first-order valence-corrected chi connectivity index (χ1v) is 7.04. The Morgan fingerprint density at radius 3 is 0.769 bits per heavy atom.